The van der Waals surface area contributed by atoms with Gasteiger partial charge < -0.3 is 15.2 Å². The first-order chi connectivity index (χ1) is 31.5. The van der Waals surface area contributed by atoms with Crippen LogP contribution in [0.25, 0.3) is 22.5 Å². The number of halogens is 4. The molecule has 5 heterocycles. The first-order valence-electron chi connectivity index (χ1n) is 22.1. The van der Waals surface area contributed by atoms with Gasteiger partial charge >= 0.3 is 0 Å². The van der Waals surface area contributed by atoms with Crippen LogP contribution < -0.4 is 16.4 Å². The van der Waals surface area contributed by atoms with E-state index >= 15 is 0 Å². The number of carbonyl (C=O) groups excluding carboxylic acids is 3. The lowest BCUT2D eigenvalue weighted by molar-refractivity contribution is -0.123. The van der Waals surface area contributed by atoms with Gasteiger partial charge in [-0.05, 0) is 142 Å². The maximum Gasteiger partial charge on any atom is 0.253 e. The zero-order valence-electron chi connectivity index (χ0n) is 40.6. The number of carbonyl (C=O) groups is 3. The van der Waals surface area contributed by atoms with Crippen LogP contribution in [0.15, 0.2) is 103 Å². The predicted octanol–water partition coefficient (Wildman–Crippen LogP) is 9.92. The van der Waals surface area contributed by atoms with E-state index in [0.717, 1.165) is 28.9 Å². The molecule has 0 saturated carbocycles. The number of anilines is 1. The van der Waals surface area contributed by atoms with Crippen LogP contribution in [-0.2, 0) is 19.1 Å². The number of hydrogen-bond donors (Lipinski definition) is 3. The second kappa shape index (κ2) is 25.9. The minimum atomic E-state index is -0.543. The summed E-state index contributed by atoms with van der Waals surface area (Å²) in [6, 6.07) is 19.4. The second-order valence-corrected chi connectivity index (χ2v) is 19.1. The summed E-state index contributed by atoms with van der Waals surface area (Å²) in [5.41, 5.74) is 9.06. The van der Waals surface area contributed by atoms with E-state index in [-0.39, 0.29) is 76.6 Å². The van der Waals surface area contributed by atoms with Gasteiger partial charge in [0.1, 0.15) is 22.5 Å². The number of amides is 2. The third-order valence-corrected chi connectivity index (χ3v) is 11.0. The Morgan fingerprint density at radius 3 is 1.72 bits per heavy atom. The van der Waals surface area contributed by atoms with Crippen LogP contribution in [0, 0.1) is 11.6 Å². The van der Waals surface area contributed by atoms with Gasteiger partial charge in [0.2, 0.25) is 5.95 Å². The summed E-state index contributed by atoms with van der Waals surface area (Å²) in [5, 5.41) is 5.25. The number of pyridine rings is 2. The normalized spacial score (nSPS) is 15.6. The van der Waals surface area contributed by atoms with Gasteiger partial charge in [-0.1, -0.05) is 35.0 Å². The summed E-state index contributed by atoms with van der Waals surface area (Å²) in [4.78, 5) is 54.2. The van der Waals surface area contributed by atoms with Crippen molar-refractivity contribution < 1.29 is 32.6 Å². The molecule has 0 radical (unpaired) electrons. The van der Waals surface area contributed by atoms with Crippen molar-refractivity contribution in [1.29, 1.82) is 0 Å². The Morgan fingerprint density at radius 1 is 0.765 bits per heavy atom. The fourth-order valence-corrected chi connectivity index (χ4v) is 7.46. The monoisotopic (exact) mass is 1070 g/mol. The average molecular weight is 1070 g/mol. The van der Waals surface area contributed by atoms with Crippen LogP contribution in [0.2, 0.25) is 0 Å². The number of benzene rings is 2. The number of aromatic nitrogens is 4. The number of hydrogen-bond acceptors (Lipinski definition) is 11. The number of ketones is 1. The molecule has 3 atom stereocenters. The third-order valence-electron chi connectivity index (χ3n) is 10.1. The Hall–Kier alpha value is -5.27. The standard InChI is InChI=1S/C21H21FN4O2.C13H9BrFNO.C8H15N3O2.C8H19N.BrH/c1-21(2,3)28-12-16-19(27)25-20-24-17(13-4-6-15(22)7-5-13)18(26(16)20)14-8-10-23-11-9-14;14-12(9-1-3-11(15)4-2-9)13(17)10-5-7-16-8-6-10;1-8(2,3)13-4-5-6(12)11-7(9)10-5;1-6-9(7(2)3)8(4)5;/h4-11,16H,12H2,1-3H3,(H,24,25,27);1-8,12H;5H,4H2,1-3H3,(H3,9,10,11,12);7-8H,6H2,1-5H3;1H/t16-;;5-;;/m1.1../s1. The topological polar surface area (TPSA) is 179 Å². The molecule has 5 aromatic rings. The molecule has 18 heteroatoms. The van der Waals surface area contributed by atoms with Gasteiger partial charge in [0.25, 0.3) is 11.8 Å². The van der Waals surface area contributed by atoms with E-state index in [0.29, 0.717) is 29.3 Å². The number of fused-ring (bicyclic) bond motifs is 1. The third kappa shape index (κ3) is 17.0. The van der Waals surface area contributed by atoms with Crippen molar-refractivity contribution in [1.82, 2.24) is 29.7 Å². The van der Waals surface area contributed by atoms with E-state index in [1.54, 1.807) is 61.2 Å². The lowest BCUT2D eigenvalue weighted by atomic mass is 10.0. The highest BCUT2D eigenvalue weighted by atomic mass is 79.9. The van der Waals surface area contributed by atoms with E-state index in [9.17, 15) is 23.2 Å². The largest absolute Gasteiger partial charge is 0.373 e. The number of imidazole rings is 1. The smallest absolute Gasteiger partial charge is 0.253 e. The number of alkyl halides is 1. The van der Waals surface area contributed by atoms with Crippen LogP contribution in [0.1, 0.15) is 103 Å². The number of nitrogens with zero attached hydrogens (tertiary/aromatic N) is 6. The number of ether oxygens (including phenoxy) is 2. The van der Waals surface area contributed by atoms with Crippen molar-refractivity contribution in [3.05, 3.63) is 120 Å². The lowest BCUT2D eigenvalue weighted by Gasteiger charge is -2.28. The molecule has 0 saturated heterocycles. The zero-order chi connectivity index (χ0) is 49.6. The quantitative estimate of drug-likeness (QED) is 0.0805. The molecule has 2 amide bonds. The van der Waals surface area contributed by atoms with Crippen molar-refractivity contribution in [2.24, 2.45) is 10.7 Å². The van der Waals surface area contributed by atoms with E-state index < -0.39 is 16.9 Å². The second-order valence-electron chi connectivity index (χ2n) is 18.1. The van der Waals surface area contributed by atoms with Crippen molar-refractivity contribution in [2.75, 3.05) is 25.1 Å². The molecule has 3 aromatic heterocycles. The van der Waals surface area contributed by atoms with Crippen molar-refractivity contribution >= 4 is 62.4 Å². The average Bonchev–Trinajstić information content (AvgIpc) is 3.91. The molecule has 0 fully saturated rings. The summed E-state index contributed by atoms with van der Waals surface area (Å²) in [6.07, 6.45) is 6.51. The van der Waals surface area contributed by atoms with Crippen LogP contribution in [0.5, 0.6) is 0 Å². The van der Waals surface area contributed by atoms with Crippen molar-refractivity contribution in [3.8, 4) is 22.5 Å². The molecule has 368 valence electrons. The first kappa shape index (κ1) is 57.1. The number of nitrogens with one attached hydrogen (secondary N) is 2. The van der Waals surface area contributed by atoms with Crippen LogP contribution >= 0.6 is 32.9 Å². The van der Waals surface area contributed by atoms with Crippen LogP contribution in [0.3, 0.4) is 0 Å². The number of guanidine groups is 1. The number of Topliss-reactive ketones (excluding diaryl/α,β-unsaturated/α-hetero) is 1. The summed E-state index contributed by atoms with van der Waals surface area (Å²) in [5.74, 6) is -0.421. The fraction of sp³-hybridized carbons (Fsp3) is 0.420. The summed E-state index contributed by atoms with van der Waals surface area (Å²) in [6.45, 7) is 24.4. The molecule has 14 nitrogen and oxygen atoms in total. The fourth-order valence-electron chi connectivity index (χ4n) is 6.89. The minimum Gasteiger partial charge on any atom is -0.373 e. The number of nitrogens with two attached hydrogens (primary N) is 1. The van der Waals surface area contributed by atoms with Gasteiger partial charge in [0.05, 0.1) is 35.8 Å². The zero-order valence-corrected chi connectivity index (χ0v) is 43.9. The van der Waals surface area contributed by atoms with Crippen molar-refractivity contribution in [3.63, 3.8) is 0 Å². The Balaban J connectivity index is 0.000000262. The number of rotatable bonds is 12. The molecule has 68 heavy (non-hydrogen) atoms. The lowest BCUT2D eigenvalue weighted by Crippen LogP contribution is -2.36. The molecule has 2 aliphatic heterocycles. The van der Waals surface area contributed by atoms with Crippen molar-refractivity contribution in [2.45, 2.75) is 116 Å². The molecule has 0 bridgehead atoms. The Kier molecular flexibility index (Phi) is 21.7. The molecule has 2 aliphatic rings. The van der Waals surface area contributed by atoms with Gasteiger partial charge in [-0.2, -0.15) is 0 Å². The highest BCUT2D eigenvalue weighted by Gasteiger charge is 2.37. The molecule has 0 aliphatic carbocycles. The highest BCUT2D eigenvalue weighted by molar-refractivity contribution is 9.09. The van der Waals surface area contributed by atoms with Gasteiger partial charge in [-0.25, -0.2) is 18.8 Å². The maximum absolute atomic E-state index is 13.4. The summed E-state index contributed by atoms with van der Waals surface area (Å²) in [7, 11) is 0. The molecule has 0 spiro atoms. The van der Waals surface area contributed by atoms with Crippen LogP contribution in [0.4, 0.5) is 14.7 Å². The molecule has 7 rings (SSSR count). The Labute approximate surface area is 417 Å². The number of aliphatic imine (C=N–C) groups is 1. The predicted molar refractivity (Wildman–Crippen MR) is 273 cm³/mol. The first-order valence-corrected chi connectivity index (χ1v) is 23.0. The summed E-state index contributed by atoms with van der Waals surface area (Å²) < 4.78 is 39.3. The van der Waals surface area contributed by atoms with E-state index in [4.69, 9.17) is 15.2 Å². The Bertz CT molecular complexity index is 2400. The Morgan fingerprint density at radius 2 is 1.26 bits per heavy atom. The SMILES string of the molecule is Br.CC(C)(C)OC[C@@H]1C(=O)Nc2nc(-c3ccc(F)cc3)c(-c3ccncc3)n21.CC(C)(C)OC[C@H]1N=C(N)NC1=O.CCN(C(C)C)C(C)C.O=C(c1ccncc1)C(Br)c1ccc(F)cc1. The molecular weight excluding hydrogens is 1000 g/mol. The van der Waals surface area contributed by atoms with Crippen LogP contribution in [-0.4, -0.2) is 97.1 Å². The maximum atomic E-state index is 13.4. The molecular formula is C50H65Br2F2N9O5. The molecule has 2 aromatic carbocycles. The minimum absolute atomic E-state index is 0. The van der Waals surface area contributed by atoms with Gasteiger partial charge in [0.15, 0.2) is 17.8 Å². The summed E-state index contributed by atoms with van der Waals surface area (Å²) >= 11 is 3.32. The molecule has 4 N–H and O–H groups in total. The van der Waals surface area contributed by atoms with E-state index in [2.05, 4.69) is 86.0 Å². The molecule has 1 unspecified atom stereocenters. The highest BCUT2D eigenvalue weighted by Crippen LogP contribution is 2.40. The van der Waals surface area contributed by atoms with E-state index in [1.165, 1.54) is 24.3 Å². The van der Waals surface area contributed by atoms with Gasteiger partial charge in [-0.3, -0.25) is 44.5 Å². The van der Waals surface area contributed by atoms with E-state index in [1.807, 2.05) is 58.2 Å². The van der Waals surface area contributed by atoms with Gasteiger partial charge in [-0.15, -0.1) is 17.0 Å². The van der Waals surface area contributed by atoms with Gasteiger partial charge in [0, 0.05) is 53.6 Å².